The highest BCUT2D eigenvalue weighted by Crippen LogP contribution is 2.18. The van der Waals surface area contributed by atoms with Crippen molar-refractivity contribution in [2.75, 3.05) is 0 Å². The molecule has 0 aliphatic rings. The Morgan fingerprint density at radius 3 is 2.50 bits per heavy atom. The third-order valence-corrected chi connectivity index (χ3v) is 4.10. The van der Waals surface area contributed by atoms with E-state index in [0.717, 1.165) is 5.56 Å². The number of rotatable bonds is 5. The predicted molar refractivity (Wildman–Crippen MR) is 73.6 cm³/mol. The predicted octanol–water partition coefficient (Wildman–Crippen LogP) is 2.84. The van der Waals surface area contributed by atoms with Gasteiger partial charge in [0.1, 0.15) is 11.5 Å². The van der Waals surface area contributed by atoms with Crippen LogP contribution in [0.3, 0.4) is 0 Å². The fraction of sp³-hybridized carbons (Fsp3) is 0.231. The minimum atomic E-state index is -1.04. The molecule has 0 aliphatic heterocycles. The van der Waals surface area contributed by atoms with Crippen LogP contribution in [0.2, 0.25) is 5.02 Å². The molecule has 2 rings (SSSR count). The summed E-state index contributed by atoms with van der Waals surface area (Å²) >= 11 is 6.02. The van der Waals surface area contributed by atoms with Crippen LogP contribution in [0.15, 0.2) is 40.8 Å². The maximum Gasteiger partial charge on any atom is 0.117 e. The summed E-state index contributed by atoms with van der Waals surface area (Å²) in [4.78, 5) is 0. The largest absolute Gasteiger partial charge is 0.464 e. The molecule has 2 N–H and O–H groups in total. The molecule has 0 bridgehead atoms. The zero-order chi connectivity index (χ0) is 13.0. The van der Waals surface area contributed by atoms with Crippen LogP contribution in [0.4, 0.5) is 0 Å². The lowest BCUT2D eigenvalue weighted by atomic mass is 10.2. The summed E-state index contributed by atoms with van der Waals surface area (Å²) in [6.45, 7) is 0.358. The first-order valence-electron chi connectivity index (χ1n) is 5.55. The molecule has 1 heterocycles. The average Bonchev–Trinajstić information content (AvgIpc) is 2.80. The highest BCUT2D eigenvalue weighted by Gasteiger charge is 2.09. The van der Waals surface area contributed by atoms with E-state index in [9.17, 15) is 4.21 Å². The quantitative estimate of drug-likeness (QED) is 0.918. The van der Waals surface area contributed by atoms with E-state index in [-0.39, 0.29) is 0 Å². The topological polar surface area (TPSA) is 56.2 Å². The summed E-state index contributed by atoms with van der Waals surface area (Å²) < 4.78 is 17.4. The first-order chi connectivity index (χ1) is 8.69. The zero-order valence-electron chi connectivity index (χ0n) is 9.77. The Morgan fingerprint density at radius 1 is 1.11 bits per heavy atom. The van der Waals surface area contributed by atoms with E-state index < -0.39 is 10.8 Å². The van der Waals surface area contributed by atoms with Gasteiger partial charge < -0.3 is 10.2 Å². The molecule has 96 valence electrons. The summed E-state index contributed by atoms with van der Waals surface area (Å²) in [7, 11) is -1.04. The van der Waals surface area contributed by atoms with Crippen LogP contribution in [0.5, 0.6) is 0 Å². The van der Waals surface area contributed by atoms with E-state index in [2.05, 4.69) is 0 Å². The molecule has 1 aromatic heterocycles. The molecule has 0 fully saturated rings. The van der Waals surface area contributed by atoms with Crippen LogP contribution in [-0.4, -0.2) is 4.21 Å². The average molecular weight is 284 g/mol. The minimum Gasteiger partial charge on any atom is -0.464 e. The van der Waals surface area contributed by atoms with Gasteiger partial charge in [0.2, 0.25) is 0 Å². The van der Waals surface area contributed by atoms with Crippen LogP contribution in [-0.2, 0) is 28.9 Å². The van der Waals surface area contributed by atoms with Crippen LogP contribution >= 0.6 is 11.6 Å². The Hall–Kier alpha value is -1.10. The van der Waals surface area contributed by atoms with E-state index in [4.69, 9.17) is 21.8 Å². The molecule has 0 spiro atoms. The molecular weight excluding hydrogens is 270 g/mol. The molecule has 1 atom stereocenters. The number of hydrogen-bond acceptors (Lipinski definition) is 3. The van der Waals surface area contributed by atoms with E-state index in [1.807, 2.05) is 30.3 Å². The highest BCUT2D eigenvalue weighted by molar-refractivity contribution is 7.83. The van der Waals surface area contributed by atoms with Gasteiger partial charge in [0.25, 0.3) is 0 Å². The maximum atomic E-state index is 12.0. The second-order valence-corrected chi connectivity index (χ2v) is 5.76. The van der Waals surface area contributed by atoms with Crippen molar-refractivity contribution in [1.82, 2.24) is 0 Å². The fourth-order valence-corrected chi connectivity index (χ4v) is 3.06. The minimum absolute atomic E-state index is 0.358. The molecule has 0 aliphatic carbocycles. The molecule has 2 aromatic rings. The molecule has 5 heteroatoms. The van der Waals surface area contributed by atoms with E-state index in [0.29, 0.717) is 34.6 Å². The highest BCUT2D eigenvalue weighted by atomic mass is 35.5. The van der Waals surface area contributed by atoms with Crippen molar-refractivity contribution in [2.45, 2.75) is 18.1 Å². The van der Waals surface area contributed by atoms with Crippen molar-refractivity contribution in [2.24, 2.45) is 5.73 Å². The molecule has 1 aromatic carbocycles. The second kappa shape index (κ2) is 6.18. The molecular formula is C13H14ClNO2S. The Bertz CT molecular complexity index is 553. The Morgan fingerprint density at radius 2 is 1.83 bits per heavy atom. The van der Waals surface area contributed by atoms with Crippen LogP contribution in [0, 0.1) is 0 Å². The lowest BCUT2D eigenvalue weighted by Crippen LogP contribution is -1.99. The molecule has 0 radical (unpaired) electrons. The molecule has 0 saturated heterocycles. The van der Waals surface area contributed by atoms with Crippen LogP contribution < -0.4 is 5.73 Å². The van der Waals surface area contributed by atoms with E-state index in [1.165, 1.54) is 0 Å². The Balaban J connectivity index is 1.99. The van der Waals surface area contributed by atoms with Gasteiger partial charge in [-0.15, -0.1) is 0 Å². The number of furan rings is 1. The number of benzene rings is 1. The van der Waals surface area contributed by atoms with Gasteiger partial charge in [-0.25, -0.2) is 0 Å². The van der Waals surface area contributed by atoms with E-state index in [1.54, 1.807) is 6.07 Å². The third-order valence-electron chi connectivity index (χ3n) is 2.50. The van der Waals surface area contributed by atoms with Gasteiger partial charge in [0.15, 0.2) is 0 Å². The summed E-state index contributed by atoms with van der Waals surface area (Å²) in [5.41, 5.74) is 6.34. The van der Waals surface area contributed by atoms with Crippen LogP contribution in [0.1, 0.15) is 17.1 Å². The van der Waals surface area contributed by atoms with Gasteiger partial charge in [0.05, 0.1) is 18.1 Å². The van der Waals surface area contributed by atoms with Crippen molar-refractivity contribution in [3.8, 4) is 0 Å². The fourth-order valence-electron chi connectivity index (χ4n) is 1.61. The summed E-state index contributed by atoms with van der Waals surface area (Å²) in [5.74, 6) is 2.21. The van der Waals surface area contributed by atoms with Gasteiger partial charge in [-0.1, -0.05) is 29.8 Å². The SMILES string of the molecule is NCc1ccc(CS(=O)Cc2ccccc2Cl)o1. The van der Waals surface area contributed by atoms with Crippen molar-refractivity contribution < 1.29 is 8.63 Å². The molecule has 3 nitrogen and oxygen atoms in total. The monoisotopic (exact) mass is 283 g/mol. The van der Waals surface area contributed by atoms with Gasteiger partial charge in [-0.2, -0.15) is 0 Å². The van der Waals surface area contributed by atoms with Crippen LogP contribution in [0.25, 0.3) is 0 Å². The van der Waals surface area contributed by atoms with Gasteiger partial charge in [-0.3, -0.25) is 4.21 Å². The second-order valence-electron chi connectivity index (χ2n) is 3.89. The third kappa shape index (κ3) is 3.45. The normalized spacial score (nSPS) is 12.6. The van der Waals surface area contributed by atoms with Gasteiger partial charge >= 0.3 is 0 Å². The number of hydrogen-bond donors (Lipinski definition) is 1. The first-order valence-corrected chi connectivity index (χ1v) is 7.41. The maximum absolute atomic E-state index is 12.0. The number of halogens is 1. The van der Waals surface area contributed by atoms with Crippen molar-refractivity contribution in [3.05, 3.63) is 58.5 Å². The molecule has 1 unspecified atom stereocenters. The summed E-state index contributed by atoms with van der Waals surface area (Å²) in [6, 6.07) is 11.0. The van der Waals surface area contributed by atoms with Crippen molar-refractivity contribution >= 4 is 22.4 Å². The lowest BCUT2D eigenvalue weighted by molar-refractivity contribution is 0.481. The smallest absolute Gasteiger partial charge is 0.117 e. The lowest BCUT2D eigenvalue weighted by Gasteiger charge is -2.03. The zero-order valence-corrected chi connectivity index (χ0v) is 11.3. The van der Waals surface area contributed by atoms with Crippen molar-refractivity contribution in [1.29, 1.82) is 0 Å². The Labute approximate surface area is 113 Å². The number of nitrogens with two attached hydrogens (primary N) is 1. The van der Waals surface area contributed by atoms with Crippen molar-refractivity contribution in [3.63, 3.8) is 0 Å². The van der Waals surface area contributed by atoms with E-state index >= 15 is 0 Å². The molecule has 0 amide bonds. The molecule has 18 heavy (non-hydrogen) atoms. The summed E-state index contributed by atoms with van der Waals surface area (Å²) in [6.07, 6.45) is 0. The molecule has 0 saturated carbocycles. The van der Waals surface area contributed by atoms with Gasteiger partial charge in [-0.05, 0) is 23.8 Å². The summed E-state index contributed by atoms with van der Waals surface area (Å²) in [5, 5.41) is 0.646. The first kappa shape index (κ1) is 13.3. The van der Waals surface area contributed by atoms with Gasteiger partial charge in [0, 0.05) is 15.8 Å². The standard InChI is InChI=1S/C13H14ClNO2S/c14-13-4-2-1-3-10(13)8-18(16)9-12-6-5-11(7-15)17-12/h1-6H,7-9,15H2. The Kier molecular flexibility index (Phi) is 4.58.